The number of piperazine rings is 1. The summed E-state index contributed by atoms with van der Waals surface area (Å²) in [6.45, 7) is 2.26. The fourth-order valence-corrected chi connectivity index (χ4v) is 2.28. The predicted molar refractivity (Wildman–Crippen MR) is 79.2 cm³/mol. The smallest absolute Gasteiger partial charge is 0.234 e. The van der Waals surface area contributed by atoms with Crippen LogP contribution in [0.25, 0.3) is 0 Å². The van der Waals surface area contributed by atoms with E-state index in [2.05, 4.69) is 10.6 Å². The first-order valence-electron chi connectivity index (χ1n) is 6.28. The molecule has 2 N–H and O–H groups in total. The second-order valence-corrected chi connectivity index (χ2v) is 5.39. The summed E-state index contributed by atoms with van der Waals surface area (Å²) in [6, 6.07) is 4.90. The summed E-state index contributed by atoms with van der Waals surface area (Å²) in [5, 5.41) is 6.42. The number of halogens is 2. The monoisotopic (exact) mass is 315 g/mol. The molecule has 1 heterocycles. The van der Waals surface area contributed by atoms with Crippen LogP contribution in [-0.2, 0) is 9.59 Å². The van der Waals surface area contributed by atoms with E-state index in [1.54, 1.807) is 18.2 Å². The molecule has 2 amide bonds. The summed E-state index contributed by atoms with van der Waals surface area (Å²) >= 11 is 11.8. The highest BCUT2D eigenvalue weighted by Gasteiger charge is 2.16. The number of amides is 2. The minimum Gasteiger partial charge on any atom is -0.354 e. The Labute approximate surface area is 127 Å². The van der Waals surface area contributed by atoms with Gasteiger partial charge in [0.2, 0.25) is 11.8 Å². The Hall–Kier alpha value is -1.30. The predicted octanol–water partition coefficient (Wildman–Crippen LogP) is 1.75. The molecule has 7 heteroatoms. The molecule has 1 aliphatic heterocycles. The van der Waals surface area contributed by atoms with E-state index >= 15 is 0 Å². The molecule has 108 valence electrons. The van der Waals surface area contributed by atoms with Crippen molar-refractivity contribution in [2.24, 2.45) is 0 Å². The Balaban J connectivity index is 1.83. The van der Waals surface area contributed by atoms with E-state index in [4.69, 9.17) is 23.2 Å². The van der Waals surface area contributed by atoms with Gasteiger partial charge in [-0.25, -0.2) is 0 Å². The third-order valence-corrected chi connectivity index (χ3v) is 3.54. The molecule has 0 atom stereocenters. The zero-order chi connectivity index (χ0) is 14.5. The Morgan fingerprint density at radius 3 is 2.95 bits per heavy atom. The van der Waals surface area contributed by atoms with Crippen molar-refractivity contribution >= 4 is 40.7 Å². The van der Waals surface area contributed by atoms with Crippen LogP contribution in [0, 0.1) is 0 Å². The fourth-order valence-electron chi connectivity index (χ4n) is 1.95. The van der Waals surface area contributed by atoms with E-state index in [1.165, 1.54) is 0 Å². The van der Waals surface area contributed by atoms with Crippen LogP contribution in [0.4, 0.5) is 5.69 Å². The van der Waals surface area contributed by atoms with Gasteiger partial charge in [0, 0.05) is 31.1 Å². The summed E-state index contributed by atoms with van der Waals surface area (Å²) in [7, 11) is 0. The van der Waals surface area contributed by atoms with Crippen LogP contribution in [0.2, 0.25) is 10.0 Å². The molecule has 0 saturated carbocycles. The SMILES string of the molecule is O=C1CN(CCC(=O)Nc2cc(Cl)ccc2Cl)CCN1. The van der Waals surface area contributed by atoms with Crippen LogP contribution in [0.5, 0.6) is 0 Å². The van der Waals surface area contributed by atoms with Crippen LogP contribution < -0.4 is 10.6 Å². The Morgan fingerprint density at radius 1 is 1.40 bits per heavy atom. The Kier molecular flexibility index (Phi) is 5.23. The quantitative estimate of drug-likeness (QED) is 0.890. The van der Waals surface area contributed by atoms with Crippen molar-refractivity contribution in [3.8, 4) is 0 Å². The molecule has 20 heavy (non-hydrogen) atoms. The molecule has 0 aliphatic carbocycles. The molecule has 1 aromatic rings. The lowest BCUT2D eigenvalue weighted by Crippen LogP contribution is -2.48. The number of rotatable bonds is 4. The summed E-state index contributed by atoms with van der Waals surface area (Å²) in [5.74, 6) is -0.158. The minimum absolute atomic E-state index is 0.00505. The molecular formula is C13H15Cl2N3O2. The van der Waals surface area contributed by atoms with Crippen LogP contribution in [0.15, 0.2) is 18.2 Å². The lowest BCUT2D eigenvalue weighted by atomic mass is 10.2. The summed E-state index contributed by atoms with van der Waals surface area (Å²) in [6.07, 6.45) is 0.302. The first-order valence-corrected chi connectivity index (χ1v) is 7.04. The lowest BCUT2D eigenvalue weighted by Gasteiger charge is -2.26. The molecule has 0 spiro atoms. The van der Waals surface area contributed by atoms with Crippen molar-refractivity contribution < 1.29 is 9.59 Å². The average molecular weight is 316 g/mol. The Bertz CT molecular complexity index is 522. The molecule has 2 rings (SSSR count). The van der Waals surface area contributed by atoms with Gasteiger partial charge < -0.3 is 10.6 Å². The van der Waals surface area contributed by atoms with E-state index in [-0.39, 0.29) is 11.8 Å². The highest BCUT2D eigenvalue weighted by Crippen LogP contribution is 2.25. The van der Waals surface area contributed by atoms with E-state index in [1.807, 2.05) is 4.90 Å². The zero-order valence-electron chi connectivity index (χ0n) is 10.8. The maximum absolute atomic E-state index is 11.9. The highest BCUT2D eigenvalue weighted by molar-refractivity contribution is 6.35. The van der Waals surface area contributed by atoms with Crippen molar-refractivity contribution in [3.05, 3.63) is 28.2 Å². The number of hydrogen-bond donors (Lipinski definition) is 2. The van der Waals surface area contributed by atoms with Gasteiger partial charge in [-0.05, 0) is 18.2 Å². The summed E-state index contributed by atoms with van der Waals surface area (Å²) in [5.41, 5.74) is 0.501. The van der Waals surface area contributed by atoms with Crippen molar-refractivity contribution in [1.29, 1.82) is 0 Å². The minimum atomic E-state index is -0.153. The molecule has 0 bridgehead atoms. The third-order valence-electron chi connectivity index (χ3n) is 2.98. The molecule has 0 unspecified atom stereocenters. The number of anilines is 1. The average Bonchev–Trinajstić information content (AvgIpc) is 2.41. The summed E-state index contributed by atoms with van der Waals surface area (Å²) in [4.78, 5) is 25.0. The van der Waals surface area contributed by atoms with Crippen LogP contribution in [0.3, 0.4) is 0 Å². The fraction of sp³-hybridized carbons (Fsp3) is 0.385. The van der Waals surface area contributed by atoms with Gasteiger partial charge in [-0.3, -0.25) is 14.5 Å². The first-order chi connectivity index (χ1) is 9.54. The molecule has 1 saturated heterocycles. The van der Waals surface area contributed by atoms with Crippen molar-refractivity contribution in [3.63, 3.8) is 0 Å². The van der Waals surface area contributed by atoms with E-state index in [9.17, 15) is 9.59 Å². The van der Waals surface area contributed by atoms with Gasteiger partial charge in [0.25, 0.3) is 0 Å². The second kappa shape index (κ2) is 6.92. The van der Waals surface area contributed by atoms with Gasteiger partial charge in [0.05, 0.1) is 17.3 Å². The highest BCUT2D eigenvalue weighted by atomic mass is 35.5. The molecule has 5 nitrogen and oxygen atoms in total. The van der Waals surface area contributed by atoms with Crippen molar-refractivity contribution in [1.82, 2.24) is 10.2 Å². The van der Waals surface area contributed by atoms with Crippen molar-refractivity contribution in [2.75, 3.05) is 31.5 Å². The standard InChI is InChI=1S/C13H15Cl2N3O2/c14-9-1-2-10(15)11(7-9)17-12(19)3-5-18-6-4-16-13(20)8-18/h1-2,7H,3-6,8H2,(H,16,20)(H,17,19). The first kappa shape index (κ1) is 15.1. The number of nitrogens with one attached hydrogen (secondary N) is 2. The lowest BCUT2D eigenvalue weighted by molar-refractivity contribution is -0.125. The molecular weight excluding hydrogens is 301 g/mol. The van der Waals surface area contributed by atoms with Gasteiger partial charge in [0.15, 0.2) is 0 Å². The van der Waals surface area contributed by atoms with Crippen molar-refractivity contribution in [2.45, 2.75) is 6.42 Å². The van der Waals surface area contributed by atoms with Gasteiger partial charge in [0.1, 0.15) is 0 Å². The molecule has 0 aromatic heterocycles. The van der Waals surface area contributed by atoms with Gasteiger partial charge in [-0.2, -0.15) is 0 Å². The third kappa shape index (κ3) is 4.37. The zero-order valence-corrected chi connectivity index (χ0v) is 12.3. The maximum atomic E-state index is 11.9. The largest absolute Gasteiger partial charge is 0.354 e. The van der Waals surface area contributed by atoms with Crippen LogP contribution >= 0.6 is 23.2 Å². The topological polar surface area (TPSA) is 61.4 Å². The van der Waals surface area contributed by atoms with E-state index in [0.717, 1.165) is 6.54 Å². The summed E-state index contributed by atoms with van der Waals surface area (Å²) < 4.78 is 0. The van der Waals surface area contributed by atoms with Gasteiger partial charge >= 0.3 is 0 Å². The molecule has 1 aromatic carbocycles. The second-order valence-electron chi connectivity index (χ2n) is 4.55. The molecule has 1 fully saturated rings. The normalized spacial score (nSPS) is 15.8. The Morgan fingerprint density at radius 2 is 2.20 bits per heavy atom. The van der Waals surface area contributed by atoms with E-state index in [0.29, 0.717) is 41.8 Å². The number of hydrogen-bond acceptors (Lipinski definition) is 3. The molecule has 1 aliphatic rings. The molecule has 0 radical (unpaired) electrons. The maximum Gasteiger partial charge on any atom is 0.234 e. The van der Waals surface area contributed by atoms with E-state index < -0.39 is 0 Å². The number of carbonyl (C=O) groups is 2. The van der Waals surface area contributed by atoms with Crippen LogP contribution in [0.1, 0.15) is 6.42 Å². The van der Waals surface area contributed by atoms with Gasteiger partial charge in [-0.15, -0.1) is 0 Å². The number of nitrogens with zero attached hydrogens (tertiary/aromatic N) is 1. The van der Waals surface area contributed by atoms with Crippen LogP contribution in [-0.4, -0.2) is 42.9 Å². The number of benzene rings is 1. The van der Waals surface area contributed by atoms with Gasteiger partial charge in [-0.1, -0.05) is 23.2 Å². The number of carbonyl (C=O) groups excluding carboxylic acids is 2.